The number of nitrogens with two attached hydrogens (primary N) is 1. The minimum Gasteiger partial charge on any atom is -0.480 e. The van der Waals surface area contributed by atoms with Gasteiger partial charge in [-0.2, -0.15) is 0 Å². The van der Waals surface area contributed by atoms with Crippen LogP contribution in [-0.2, 0) is 19.2 Å². The first-order valence-electron chi connectivity index (χ1n) is 4.89. The standard InChI is InChI=1S/C9H12N2O6/c10-6(12)3-5(9(16)17)11-4(8(14)15)1-2-7(11)13/h4-5H,1-3H2,(H2,10,12)(H,14,15)(H,16,17)/t4-,5+/m1/s1. The zero-order valence-corrected chi connectivity index (χ0v) is 8.83. The van der Waals surface area contributed by atoms with E-state index in [1.165, 1.54) is 0 Å². The topological polar surface area (TPSA) is 138 Å². The number of primary amides is 1. The summed E-state index contributed by atoms with van der Waals surface area (Å²) in [5.74, 6) is -4.22. The Morgan fingerprint density at radius 3 is 2.41 bits per heavy atom. The van der Waals surface area contributed by atoms with Crippen LogP contribution in [0.4, 0.5) is 0 Å². The Morgan fingerprint density at radius 1 is 1.41 bits per heavy atom. The van der Waals surface area contributed by atoms with Crippen molar-refractivity contribution in [2.24, 2.45) is 5.73 Å². The van der Waals surface area contributed by atoms with E-state index in [0.717, 1.165) is 4.90 Å². The van der Waals surface area contributed by atoms with Crippen molar-refractivity contribution >= 4 is 23.8 Å². The van der Waals surface area contributed by atoms with Crippen molar-refractivity contribution in [3.05, 3.63) is 0 Å². The van der Waals surface area contributed by atoms with Crippen LogP contribution in [0.15, 0.2) is 0 Å². The van der Waals surface area contributed by atoms with E-state index in [2.05, 4.69) is 0 Å². The molecule has 0 radical (unpaired) electrons. The third-order valence-electron chi connectivity index (χ3n) is 2.56. The molecule has 1 rings (SSSR count). The lowest BCUT2D eigenvalue weighted by molar-refractivity contribution is -0.156. The van der Waals surface area contributed by atoms with Crippen LogP contribution in [0.1, 0.15) is 19.3 Å². The molecule has 0 aromatic carbocycles. The van der Waals surface area contributed by atoms with Crippen LogP contribution in [0, 0.1) is 0 Å². The number of nitrogens with zero attached hydrogens (tertiary/aromatic N) is 1. The Hall–Kier alpha value is -2.12. The van der Waals surface area contributed by atoms with Gasteiger partial charge in [-0.25, -0.2) is 9.59 Å². The smallest absolute Gasteiger partial charge is 0.326 e. The monoisotopic (exact) mass is 244 g/mol. The molecule has 1 aliphatic rings. The molecule has 0 spiro atoms. The highest BCUT2D eigenvalue weighted by Crippen LogP contribution is 2.23. The zero-order chi connectivity index (χ0) is 13.2. The number of amides is 2. The van der Waals surface area contributed by atoms with Gasteiger partial charge in [0.05, 0.1) is 6.42 Å². The molecule has 0 unspecified atom stereocenters. The van der Waals surface area contributed by atoms with Crippen LogP contribution in [-0.4, -0.2) is 50.9 Å². The molecule has 94 valence electrons. The number of rotatable bonds is 5. The van der Waals surface area contributed by atoms with E-state index >= 15 is 0 Å². The van der Waals surface area contributed by atoms with Crippen molar-refractivity contribution < 1.29 is 29.4 Å². The molecule has 0 saturated carbocycles. The van der Waals surface area contributed by atoms with Gasteiger partial charge in [-0.3, -0.25) is 9.59 Å². The fraction of sp³-hybridized carbons (Fsp3) is 0.556. The van der Waals surface area contributed by atoms with Crippen LogP contribution in [0.5, 0.6) is 0 Å². The minimum atomic E-state index is -1.51. The van der Waals surface area contributed by atoms with Crippen molar-refractivity contribution in [2.75, 3.05) is 0 Å². The van der Waals surface area contributed by atoms with E-state index in [-0.39, 0.29) is 12.8 Å². The fourth-order valence-corrected chi connectivity index (χ4v) is 1.83. The van der Waals surface area contributed by atoms with Gasteiger partial charge in [0, 0.05) is 6.42 Å². The number of likely N-dealkylation sites (tertiary alicyclic amines) is 1. The zero-order valence-electron chi connectivity index (χ0n) is 8.83. The first kappa shape index (κ1) is 12.9. The molecule has 0 aromatic rings. The summed E-state index contributed by atoms with van der Waals surface area (Å²) in [7, 11) is 0. The van der Waals surface area contributed by atoms with E-state index in [0.29, 0.717) is 0 Å². The third kappa shape index (κ3) is 2.71. The molecule has 0 aromatic heterocycles. The molecule has 2 amide bonds. The Labute approximate surface area is 96.0 Å². The van der Waals surface area contributed by atoms with Crippen LogP contribution in [0.25, 0.3) is 0 Å². The number of carbonyl (C=O) groups is 4. The molecule has 8 heteroatoms. The molecule has 1 heterocycles. The van der Waals surface area contributed by atoms with Crippen molar-refractivity contribution in [2.45, 2.75) is 31.3 Å². The highest BCUT2D eigenvalue weighted by molar-refractivity contribution is 5.93. The molecule has 4 N–H and O–H groups in total. The quantitative estimate of drug-likeness (QED) is 0.532. The fourth-order valence-electron chi connectivity index (χ4n) is 1.83. The largest absolute Gasteiger partial charge is 0.480 e. The van der Waals surface area contributed by atoms with Gasteiger partial charge in [-0.1, -0.05) is 0 Å². The van der Waals surface area contributed by atoms with Crippen molar-refractivity contribution in [3.63, 3.8) is 0 Å². The number of carboxylic acids is 2. The maximum atomic E-state index is 11.5. The van der Waals surface area contributed by atoms with Gasteiger partial charge in [-0.15, -0.1) is 0 Å². The van der Waals surface area contributed by atoms with Crippen LogP contribution >= 0.6 is 0 Å². The number of aliphatic carboxylic acids is 2. The van der Waals surface area contributed by atoms with Gasteiger partial charge in [0.25, 0.3) is 0 Å². The first-order valence-corrected chi connectivity index (χ1v) is 4.89. The second-order valence-electron chi connectivity index (χ2n) is 3.72. The number of hydrogen-bond donors (Lipinski definition) is 3. The molecule has 1 fully saturated rings. The summed E-state index contributed by atoms with van der Waals surface area (Å²) in [4.78, 5) is 44.7. The minimum absolute atomic E-state index is 0.0384. The van der Waals surface area contributed by atoms with Crippen LogP contribution < -0.4 is 5.73 Å². The van der Waals surface area contributed by atoms with Crippen molar-refractivity contribution in [3.8, 4) is 0 Å². The summed E-state index contributed by atoms with van der Waals surface area (Å²) in [5.41, 5.74) is 4.88. The Morgan fingerprint density at radius 2 is 2.00 bits per heavy atom. The third-order valence-corrected chi connectivity index (χ3v) is 2.56. The first-order chi connectivity index (χ1) is 7.84. The summed E-state index contributed by atoms with van der Waals surface area (Å²) in [6.07, 6.45) is -0.596. The summed E-state index contributed by atoms with van der Waals surface area (Å²) in [5, 5.41) is 17.8. The maximum absolute atomic E-state index is 11.5. The summed E-state index contributed by atoms with van der Waals surface area (Å²) in [6.45, 7) is 0. The number of hydrogen-bond acceptors (Lipinski definition) is 4. The van der Waals surface area contributed by atoms with E-state index in [9.17, 15) is 19.2 Å². The van der Waals surface area contributed by atoms with Crippen LogP contribution in [0.3, 0.4) is 0 Å². The van der Waals surface area contributed by atoms with Gasteiger partial charge < -0.3 is 20.8 Å². The number of carboxylic acid groups (broad SMARTS) is 2. The normalized spacial score (nSPS) is 21.3. The SMILES string of the molecule is NC(=O)C[C@@H](C(=O)O)N1C(=O)CC[C@@H]1C(=O)O. The molecule has 17 heavy (non-hydrogen) atoms. The van der Waals surface area contributed by atoms with Gasteiger partial charge in [0.1, 0.15) is 12.1 Å². The predicted molar refractivity (Wildman–Crippen MR) is 52.7 cm³/mol. The van der Waals surface area contributed by atoms with E-state index in [1.54, 1.807) is 0 Å². The molecular formula is C9H12N2O6. The highest BCUT2D eigenvalue weighted by atomic mass is 16.4. The summed E-state index contributed by atoms with van der Waals surface area (Å²) in [6, 6.07) is -2.72. The second-order valence-corrected chi connectivity index (χ2v) is 3.72. The van der Waals surface area contributed by atoms with E-state index < -0.39 is 42.3 Å². The summed E-state index contributed by atoms with van der Waals surface area (Å²) < 4.78 is 0. The van der Waals surface area contributed by atoms with Crippen molar-refractivity contribution in [1.82, 2.24) is 4.90 Å². The Bertz CT molecular complexity index is 380. The lowest BCUT2D eigenvalue weighted by Gasteiger charge is -2.27. The highest BCUT2D eigenvalue weighted by Gasteiger charge is 2.43. The van der Waals surface area contributed by atoms with Gasteiger partial charge >= 0.3 is 11.9 Å². The molecule has 0 aliphatic carbocycles. The maximum Gasteiger partial charge on any atom is 0.326 e. The second kappa shape index (κ2) is 4.81. The van der Waals surface area contributed by atoms with Gasteiger partial charge in [0.15, 0.2) is 0 Å². The summed E-state index contributed by atoms with van der Waals surface area (Å²) >= 11 is 0. The number of carbonyl (C=O) groups excluding carboxylic acids is 2. The molecule has 0 bridgehead atoms. The molecule has 2 atom stereocenters. The average Bonchev–Trinajstić information content (AvgIpc) is 2.56. The molecule has 8 nitrogen and oxygen atoms in total. The Balaban J connectivity index is 2.98. The van der Waals surface area contributed by atoms with E-state index in [4.69, 9.17) is 15.9 Å². The van der Waals surface area contributed by atoms with Gasteiger partial charge in [0.2, 0.25) is 11.8 Å². The molecular weight excluding hydrogens is 232 g/mol. The van der Waals surface area contributed by atoms with E-state index in [1.807, 2.05) is 0 Å². The molecule has 1 saturated heterocycles. The lowest BCUT2D eigenvalue weighted by Crippen LogP contribution is -2.50. The lowest BCUT2D eigenvalue weighted by atomic mass is 10.1. The van der Waals surface area contributed by atoms with Crippen molar-refractivity contribution in [1.29, 1.82) is 0 Å². The molecule has 1 aliphatic heterocycles. The van der Waals surface area contributed by atoms with Gasteiger partial charge in [-0.05, 0) is 6.42 Å². The Kier molecular flexibility index (Phi) is 3.66. The average molecular weight is 244 g/mol. The predicted octanol–water partition coefficient (Wildman–Crippen LogP) is -1.61. The van der Waals surface area contributed by atoms with Crippen LogP contribution in [0.2, 0.25) is 0 Å².